The van der Waals surface area contributed by atoms with Crippen LogP contribution in [-0.2, 0) is 0 Å². The van der Waals surface area contributed by atoms with Crippen molar-refractivity contribution in [3.8, 4) is 0 Å². The largest absolute Gasteiger partial charge is 0.396 e. The van der Waals surface area contributed by atoms with Gasteiger partial charge < -0.3 is 21.1 Å². The first-order chi connectivity index (χ1) is 10.7. The van der Waals surface area contributed by atoms with Gasteiger partial charge in [0.15, 0.2) is 0 Å². The van der Waals surface area contributed by atoms with Crippen molar-refractivity contribution in [1.29, 1.82) is 0 Å². The number of unbranched alkanes of at least 4 members (excludes halogenated alkanes) is 8. The highest BCUT2D eigenvalue weighted by atomic mass is 35.5. The lowest BCUT2D eigenvalue weighted by molar-refractivity contribution is 0.0885. The molecule has 4 nitrogen and oxygen atoms in total. The quantitative estimate of drug-likeness (QED) is 0.302. The molecule has 0 fully saturated rings. The number of halogens is 1. The van der Waals surface area contributed by atoms with Gasteiger partial charge in [-0.3, -0.25) is 0 Å². The van der Waals surface area contributed by atoms with E-state index in [0.717, 1.165) is 25.8 Å². The molecule has 0 aromatic rings. The zero-order valence-corrected chi connectivity index (χ0v) is 15.7. The average Bonchev–Trinajstić information content (AvgIpc) is 2.50. The van der Waals surface area contributed by atoms with Crippen LogP contribution in [0.5, 0.6) is 0 Å². The summed E-state index contributed by atoms with van der Waals surface area (Å²) in [4.78, 5) is 0. The van der Waals surface area contributed by atoms with Crippen molar-refractivity contribution in [2.45, 2.75) is 83.5 Å². The molecular formula is C18H40ClNO3. The second-order valence-electron chi connectivity index (χ2n) is 6.64. The van der Waals surface area contributed by atoms with Crippen LogP contribution in [0, 0.1) is 5.41 Å². The highest BCUT2D eigenvalue weighted by Crippen LogP contribution is 2.36. The van der Waals surface area contributed by atoms with Gasteiger partial charge in [0.2, 0.25) is 0 Å². The van der Waals surface area contributed by atoms with Crippen molar-refractivity contribution < 1.29 is 15.3 Å². The molecule has 0 aromatic carbocycles. The molecule has 0 saturated heterocycles. The zero-order valence-electron chi connectivity index (χ0n) is 14.8. The van der Waals surface area contributed by atoms with Crippen LogP contribution in [-0.4, -0.2) is 41.7 Å². The number of aliphatic hydroxyl groups is 3. The van der Waals surface area contributed by atoms with E-state index in [4.69, 9.17) is 5.73 Å². The van der Waals surface area contributed by atoms with E-state index in [-0.39, 0.29) is 37.6 Å². The predicted octanol–water partition coefficient (Wildman–Crippen LogP) is 3.40. The third-order valence-corrected chi connectivity index (χ3v) is 4.84. The standard InChI is InChI=1S/C18H39NO3.ClH/c19-14-9-7-5-3-1-2-4-6-8-10-18(11-15-20,12-16-21)13-17-22;/h20-22H,1-17,19H2;1H. The summed E-state index contributed by atoms with van der Waals surface area (Å²) >= 11 is 0. The normalized spacial score (nSPS) is 11.5. The Kier molecular flexibility index (Phi) is 20.4. The molecule has 5 N–H and O–H groups in total. The third kappa shape index (κ3) is 14.2. The van der Waals surface area contributed by atoms with Gasteiger partial charge in [0.05, 0.1) is 0 Å². The first-order valence-electron chi connectivity index (χ1n) is 9.27. The summed E-state index contributed by atoms with van der Waals surface area (Å²) in [5.74, 6) is 0. The Labute approximate surface area is 149 Å². The van der Waals surface area contributed by atoms with Gasteiger partial charge in [0.1, 0.15) is 0 Å². The molecule has 0 spiro atoms. The zero-order chi connectivity index (χ0) is 16.5. The molecule has 142 valence electrons. The number of rotatable bonds is 17. The Morgan fingerprint density at radius 3 is 1.22 bits per heavy atom. The summed E-state index contributed by atoms with van der Waals surface area (Å²) in [7, 11) is 0. The smallest absolute Gasteiger partial charge is 0.0436 e. The molecule has 0 aliphatic heterocycles. The van der Waals surface area contributed by atoms with Gasteiger partial charge in [-0.1, -0.05) is 51.4 Å². The highest BCUT2D eigenvalue weighted by molar-refractivity contribution is 5.85. The van der Waals surface area contributed by atoms with Crippen LogP contribution in [0.2, 0.25) is 0 Å². The van der Waals surface area contributed by atoms with Gasteiger partial charge in [-0.25, -0.2) is 0 Å². The first kappa shape index (κ1) is 25.4. The number of aliphatic hydroxyl groups excluding tert-OH is 3. The van der Waals surface area contributed by atoms with E-state index in [1.807, 2.05) is 0 Å². The molecule has 0 radical (unpaired) electrons. The maximum atomic E-state index is 9.25. The number of nitrogens with two attached hydrogens (primary N) is 1. The van der Waals surface area contributed by atoms with Gasteiger partial charge in [-0.15, -0.1) is 12.4 Å². The van der Waals surface area contributed by atoms with E-state index in [1.54, 1.807) is 0 Å². The molecule has 0 atom stereocenters. The molecule has 0 rings (SSSR count). The van der Waals surface area contributed by atoms with Crippen LogP contribution < -0.4 is 5.73 Å². The number of hydrogen-bond donors (Lipinski definition) is 4. The monoisotopic (exact) mass is 353 g/mol. The Balaban J connectivity index is 0. The fourth-order valence-corrected chi connectivity index (χ4v) is 3.34. The van der Waals surface area contributed by atoms with Crippen molar-refractivity contribution >= 4 is 12.4 Å². The van der Waals surface area contributed by atoms with Gasteiger partial charge in [0, 0.05) is 19.8 Å². The van der Waals surface area contributed by atoms with Crippen molar-refractivity contribution in [3.63, 3.8) is 0 Å². The molecule has 0 aliphatic rings. The van der Waals surface area contributed by atoms with Crippen LogP contribution >= 0.6 is 12.4 Å². The minimum absolute atomic E-state index is 0. The van der Waals surface area contributed by atoms with Crippen molar-refractivity contribution in [1.82, 2.24) is 0 Å². The van der Waals surface area contributed by atoms with Crippen LogP contribution in [0.1, 0.15) is 83.5 Å². The van der Waals surface area contributed by atoms with E-state index in [2.05, 4.69) is 0 Å². The van der Waals surface area contributed by atoms with E-state index < -0.39 is 0 Å². The topological polar surface area (TPSA) is 86.7 Å². The molecule has 0 aromatic heterocycles. The van der Waals surface area contributed by atoms with E-state index in [0.29, 0.717) is 19.3 Å². The Hall–Kier alpha value is 0.130. The number of hydrogen-bond acceptors (Lipinski definition) is 4. The van der Waals surface area contributed by atoms with Gasteiger partial charge in [-0.2, -0.15) is 0 Å². The minimum atomic E-state index is -0.0690. The summed E-state index contributed by atoms with van der Waals surface area (Å²) in [6.45, 7) is 1.24. The lowest BCUT2D eigenvalue weighted by Crippen LogP contribution is -2.25. The molecule has 0 heterocycles. The SMILES string of the molecule is Cl.NCCCCCCCCCCCC(CCO)(CCO)CCO. The Morgan fingerprint density at radius 1 is 0.522 bits per heavy atom. The summed E-state index contributed by atoms with van der Waals surface area (Å²) in [6.07, 6.45) is 14.4. The summed E-state index contributed by atoms with van der Waals surface area (Å²) in [5.41, 5.74) is 5.41. The second kappa shape index (κ2) is 18.5. The molecule has 23 heavy (non-hydrogen) atoms. The summed E-state index contributed by atoms with van der Waals surface area (Å²) < 4.78 is 0. The minimum Gasteiger partial charge on any atom is -0.396 e. The molecule has 0 bridgehead atoms. The Bertz CT molecular complexity index is 213. The molecule has 0 amide bonds. The maximum Gasteiger partial charge on any atom is 0.0436 e. The summed E-state index contributed by atoms with van der Waals surface area (Å²) in [6, 6.07) is 0. The molecule has 0 saturated carbocycles. The van der Waals surface area contributed by atoms with Gasteiger partial charge in [-0.05, 0) is 44.1 Å². The predicted molar refractivity (Wildman–Crippen MR) is 100 cm³/mol. The van der Waals surface area contributed by atoms with Crippen molar-refractivity contribution in [2.24, 2.45) is 11.1 Å². The molecule has 5 heteroatoms. The van der Waals surface area contributed by atoms with Crippen molar-refractivity contribution in [3.05, 3.63) is 0 Å². The molecular weight excluding hydrogens is 314 g/mol. The lowest BCUT2D eigenvalue weighted by atomic mass is 9.74. The second-order valence-corrected chi connectivity index (χ2v) is 6.64. The van der Waals surface area contributed by atoms with E-state index >= 15 is 0 Å². The Morgan fingerprint density at radius 2 is 0.870 bits per heavy atom. The third-order valence-electron chi connectivity index (χ3n) is 4.84. The molecule has 0 aliphatic carbocycles. The highest BCUT2D eigenvalue weighted by Gasteiger charge is 2.27. The van der Waals surface area contributed by atoms with E-state index in [1.165, 1.54) is 44.9 Å². The van der Waals surface area contributed by atoms with Crippen LogP contribution in [0.25, 0.3) is 0 Å². The first-order valence-corrected chi connectivity index (χ1v) is 9.27. The van der Waals surface area contributed by atoms with Crippen LogP contribution in [0.3, 0.4) is 0 Å². The van der Waals surface area contributed by atoms with Crippen LogP contribution in [0.15, 0.2) is 0 Å². The van der Waals surface area contributed by atoms with Gasteiger partial charge >= 0.3 is 0 Å². The average molecular weight is 354 g/mol. The van der Waals surface area contributed by atoms with Crippen LogP contribution in [0.4, 0.5) is 0 Å². The maximum absolute atomic E-state index is 9.25. The summed E-state index contributed by atoms with van der Waals surface area (Å²) in [5, 5.41) is 27.7. The fraction of sp³-hybridized carbons (Fsp3) is 1.00. The molecule has 0 unspecified atom stereocenters. The van der Waals surface area contributed by atoms with E-state index in [9.17, 15) is 15.3 Å². The fourth-order valence-electron chi connectivity index (χ4n) is 3.34. The van der Waals surface area contributed by atoms with Crippen molar-refractivity contribution in [2.75, 3.05) is 26.4 Å². The van der Waals surface area contributed by atoms with Gasteiger partial charge in [0.25, 0.3) is 0 Å². The lowest BCUT2D eigenvalue weighted by Gasteiger charge is -2.32.